The Labute approximate surface area is 192 Å². The number of amides is 1. The summed E-state index contributed by atoms with van der Waals surface area (Å²) in [6, 6.07) is 9.67. The van der Waals surface area contributed by atoms with Gasteiger partial charge in [0.15, 0.2) is 11.5 Å². The van der Waals surface area contributed by atoms with Gasteiger partial charge in [-0.25, -0.2) is 0 Å². The number of ether oxygens (including phenoxy) is 1. The van der Waals surface area contributed by atoms with Gasteiger partial charge in [0.1, 0.15) is 0 Å². The highest BCUT2D eigenvalue weighted by atomic mass is 32.2. The molecule has 1 aliphatic heterocycles. The highest BCUT2D eigenvalue weighted by Gasteiger charge is 2.31. The zero-order valence-corrected chi connectivity index (χ0v) is 19.6. The largest absolute Gasteiger partial charge is 0.493 e. The molecular formula is C23H27N3O6S. The Morgan fingerprint density at radius 3 is 2.67 bits per heavy atom. The number of aliphatic hydroxyl groups is 1. The molecule has 1 aromatic heterocycles. The van der Waals surface area contributed by atoms with Gasteiger partial charge in [0.05, 0.1) is 25.5 Å². The molecule has 4 rings (SSSR count). The van der Waals surface area contributed by atoms with Crippen molar-refractivity contribution >= 4 is 26.9 Å². The molecule has 0 fully saturated rings. The maximum Gasteiger partial charge on any atom is 0.306 e. The summed E-state index contributed by atoms with van der Waals surface area (Å²) in [5, 5.41) is 13.0. The third kappa shape index (κ3) is 4.68. The summed E-state index contributed by atoms with van der Waals surface area (Å²) < 4.78 is 34.2. The summed E-state index contributed by atoms with van der Waals surface area (Å²) in [5.41, 5.74) is 4.14. The molecule has 0 spiro atoms. The second-order valence-electron chi connectivity index (χ2n) is 7.98. The van der Waals surface area contributed by atoms with Gasteiger partial charge in [-0.15, -0.1) is 0 Å². The molecule has 2 aromatic carbocycles. The summed E-state index contributed by atoms with van der Waals surface area (Å²) >= 11 is 0. The molecule has 33 heavy (non-hydrogen) atoms. The summed E-state index contributed by atoms with van der Waals surface area (Å²) in [6.07, 6.45) is 0.951. The number of hydrogen-bond donors (Lipinski definition) is 3. The molecule has 0 bridgehead atoms. The van der Waals surface area contributed by atoms with E-state index < -0.39 is 10.1 Å². The SMILES string of the molecule is CCN(CCO)Cc1ccc2[nH]c(-c3cc(OC)c(OS(C)(=O)=O)c4c3C(=O)NC4)cc2c1. The lowest BCUT2D eigenvalue weighted by molar-refractivity contribution is 0.0966. The van der Waals surface area contributed by atoms with E-state index in [9.17, 15) is 18.3 Å². The van der Waals surface area contributed by atoms with Gasteiger partial charge in [0, 0.05) is 47.4 Å². The van der Waals surface area contributed by atoms with Crippen LogP contribution in [0.25, 0.3) is 22.2 Å². The van der Waals surface area contributed by atoms with Crippen LogP contribution in [0.5, 0.6) is 11.5 Å². The molecule has 0 saturated carbocycles. The molecule has 1 aliphatic rings. The van der Waals surface area contributed by atoms with Crippen molar-refractivity contribution in [2.45, 2.75) is 20.0 Å². The van der Waals surface area contributed by atoms with E-state index >= 15 is 0 Å². The van der Waals surface area contributed by atoms with Crippen LogP contribution in [0, 0.1) is 0 Å². The monoisotopic (exact) mass is 473 g/mol. The summed E-state index contributed by atoms with van der Waals surface area (Å²) in [4.78, 5) is 18.2. The van der Waals surface area contributed by atoms with Gasteiger partial charge >= 0.3 is 10.1 Å². The summed E-state index contributed by atoms with van der Waals surface area (Å²) in [6.45, 7) is 4.47. The Hall–Kier alpha value is -3.08. The van der Waals surface area contributed by atoms with Crippen molar-refractivity contribution in [3.8, 4) is 22.8 Å². The minimum Gasteiger partial charge on any atom is -0.493 e. The van der Waals surface area contributed by atoms with Gasteiger partial charge in [0.2, 0.25) is 0 Å². The van der Waals surface area contributed by atoms with E-state index in [1.54, 1.807) is 6.07 Å². The molecule has 3 aromatic rings. The highest BCUT2D eigenvalue weighted by Crippen LogP contribution is 2.43. The Morgan fingerprint density at radius 2 is 2.00 bits per heavy atom. The van der Waals surface area contributed by atoms with Crippen LogP contribution < -0.4 is 14.2 Å². The molecule has 0 atom stereocenters. The van der Waals surface area contributed by atoms with Crippen molar-refractivity contribution in [3.05, 3.63) is 47.0 Å². The zero-order chi connectivity index (χ0) is 23.8. The smallest absolute Gasteiger partial charge is 0.306 e. The molecule has 1 amide bonds. The number of rotatable bonds is 9. The number of carbonyl (C=O) groups excluding carboxylic acids is 1. The standard InChI is InChI=1S/C23H27N3O6S/c1-4-26(7-8-27)13-14-5-6-18-15(9-14)10-19(25-18)16-11-20(31-2)22(32-33(3,29)30)17-12-24-23(28)21(16)17/h5-6,9-11,25,27H,4,7-8,12-13H2,1-3H3,(H,24,28). The van der Waals surface area contributed by atoms with E-state index in [0.717, 1.165) is 35.8 Å². The van der Waals surface area contributed by atoms with Crippen LogP contribution in [0.3, 0.4) is 0 Å². The lowest BCUT2D eigenvalue weighted by Gasteiger charge is -2.19. The molecule has 2 heterocycles. The van der Waals surface area contributed by atoms with E-state index in [1.165, 1.54) is 7.11 Å². The predicted molar refractivity (Wildman–Crippen MR) is 125 cm³/mol. The summed E-state index contributed by atoms with van der Waals surface area (Å²) in [7, 11) is -2.39. The van der Waals surface area contributed by atoms with E-state index in [4.69, 9.17) is 8.92 Å². The second kappa shape index (κ2) is 9.05. The number of aromatic nitrogens is 1. The minimum absolute atomic E-state index is 0.0269. The minimum atomic E-state index is -3.81. The van der Waals surface area contributed by atoms with Crippen molar-refractivity contribution in [1.82, 2.24) is 15.2 Å². The molecule has 0 unspecified atom stereocenters. The van der Waals surface area contributed by atoms with Crippen LogP contribution in [0.15, 0.2) is 30.3 Å². The predicted octanol–water partition coefficient (Wildman–Crippen LogP) is 2.24. The number of likely N-dealkylation sites (N-methyl/N-ethyl adjacent to an activating group) is 1. The number of aliphatic hydroxyl groups excluding tert-OH is 1. The van der Waals surface area contributed by atoms with Gasteiger partial charge in [0.25, 0.3) is 5.91 Å². The number of aromatic amines is 1. The number of benzene rings is 2. The Balaban J connectivity index is 1.79. The van der Waals surface area contributed by atoms with E-state index in [-0.39, 0.29) is 30.6 Å². The first-order valence-corrected chi connectivity index (χ1v) is 12.4. The average Bonchev–Trinajstić information content (AvgIpc) is 3.36. The number of nitrogens with one attached hydrogen (secondary N) is 2. The molecule has 0 radical (unpaired) electrons. The van der Waals surface area contributed by atoms with Gasteiger partial charge in [-0.05, 0) is 36.4 Å². The van der Waals surface area contributed by atoms with Crippen molar-refractivity contribution in [3.63, 3.8) is 0 Å². The number of hydrogen-bond acceptors (Lipinski definition) is 7. The van der Waals surface area contributed by atoms with Gasteiger partial charge in [-0.3, -0.25) is 9.69 Å². The Kier molecular flexibility index (Phi) is 6.33. The third-order valence-corrected chi connectivity index (χ3v) is 6.17. The molecule has 10 heteroatoms. The number of H-pyrrole nitrogens is 1. The van der Waals surface area contributed by atoms with Gasteiger partial charge in [-0.2, -0.15) is 8.42 Å². The molecule has 3 N–H and O–H groups in total. The zero-order valence-electron chi connectivity index (χ0n) is 18.8. The second-order valence-corrected chi connectivity index (χ2v) is 9.55. The first kappa shape index (κ1) is 23.1. The van der Waals surface area contributed by atoms with Crippen LogP contribution in [0.4, 0.5) is 0 Å². The number of methoxy groups -OCH3 is 1. The maximum absolute atomic E-state index is 12.7. The number of nitrogens with zero attached hydrogens (tertiary/aromatic N) is 1. The van der Waals surface area contributed by atoms with Crippen molar-refractivity contribution in [2.75, 3.05) is 33.1 Å². The van der Waals surface area contributed by atoms with Gasteiger partial charge < -0.3 is 24.3 Å². The summed E-state index contributed by atoms with van der Waals surface area (Å²) in [5.74, 6) is -0.0467. The fraction of sp³-hybridized carbons (Fsp3) is 0.348. The lowest BCUT2D eigenvalue weighted by atomic mass is 9.98. The molecule has 0 aliphatic carbocycles. The molecular weight excluding hydrogens is 446 g/mol. The Bertz CT molecular complexity index is 1320. The first-order valence-electron chi connectivity index (χ1n) is 10.6. The third-order valence-electron chi connectivity index (χ3n) is 5.70. The molecule has 9 nitrogen and oxygen atoms in total. The van der Waals surface area contributed by atoms with Gasteiger partial charge in [-0.1, -0.05) is 13.0 Å². The maximum atomic E-state index is 12.7. The Morgan fingerprint density at radius 1 is 1.21 bits per heavy atom. The van der Waals surface area contributed by atoms with Crippen molar-refractivity contribution in [1.29, 1.82) is 0 Å². The van der Waals surface area contributed by atoms with Crippen LogP contribution in [-0.4, -0.2) is 62.4 Å². The van der Waals surface area contributed by atoms with Crippen LogP contribution in [0.2, 0.25) is 0 Å². The van der Waals surface area contributed by atoms with Crippen LogP contribution in [-0.2, 0) is 23.2 Å². The number of fused-ring (bicyclic) bond motifs is 2. The first-order chi connectivity index (χ1) is 15.7. The quantitative estimate of drug-likeness (QED) is 0.408. The molecule has 176 valence electrons. The van der Waals surface area contributed by atoms with Crippen LogP contribution in [0.1, 0.15) is 28.4 Å². The van der Waals surface area contributed by atoms with E-state index in [2.05, 4.69) is 28.2 Å². The fourth-order valence-corrected chi connectivity index (χ4v) is 4.65. The average molecular weight is 474 g/mol. The number of carbonyl (C=O) groups is 1. The highest BCUT2D eigenvalue weighted by molar-refractivity contribution is 7.86. The lowest BCUT2D eigenvalue weighted by Crippen LogP contribution is -2.25. The van der Waals surface area contributed by atoms with E-state index in [0.29, 0.717) is 28.9 Å². The normalized spacial score (nSPS) is 13.4. The topological polar surface area (TPSA) is 121 Å². The van der Waals surface area contributed by atoms with Crippen molar-refractivity contribution < 1.29 is 27.2 Å². The molecule has 0 saturated heterocycles. The van der Waals surface area contributed by atoms with Crippen molar-refractivity contribution in [2.24, 2.45) is 0 Å². The fourth-order valence-electron chi connectivity index (χ4n) is 4.16. The van der Waals surface area contributed by atoms with E-state index in [1.807, 2.05) is 18.2 Å². The van der Waals surface area contributed by atoms with Crippen LogP contribution >= 0.6 is 0 Å².